The fourth-order valence-electron chi connectivity index (χ4n) is 1.09. The third kappa shape index (κ3) is 8.18. The number of aliphatic hydroxyl groups excluding tert-OH is 1. The zero-order valence-corrected chi connectivity index (χ0v) is 9.74. The van der Waals surface area contributed by atoms with Gasteiger partial charge in [0.2, 0.25) is 0 Å². The molecule has 3 heteroatoms. The Bertz CT molecular complexity index is 187. The van der Waals surface area contributed by atoms with Crippen LogP contribution in [0.5, 0.6) is 0 Å². The number of allylic oxidation sites excluding steroid dienone is 1. The molecule has 1 N–H and O–H groups in total. The maximum atomic E-state index is 11.0. The van der Waals surface area contributed by atoms with Gasteiger partial charge in [-0.15, -0.1) is 0 Å². The lowest BCUT2D eigenvalue weighted by atomic mass is 10.2. The summed E-state index contributed by atoms with van der Waals surface area (Å²) in [5.74, 6) is -0.532. The van der Waals surface area contributed by atoms with Gasteiger partial charge in [0, 0.05) is 0 Å². The number of ether oxygens (including phenoxy) is 1. The number of aliphatic hydroxyl groups is 1. The van der Waals surface area contributed by atoms with E-state index in [-0.39, 0.29) is 6.61 Å². The summed E-state index contributed by atoms with van der Waals surface area (Å²) in [5, 5.41) is 9.10. The smallest absolute Gasteiger partial charge is 0.335 e. The van der Waals surface area contributed by atoms with Gasteiger partial charge >= 0.3 is 5.97 Å². The standard InChI is InChI=1S/C12H22O3/c1-3-5-6-7-8-9-10-15-12(14)11(13)4-2/h8-9,11,13H,3-7,10H2,1-2H3/b9-8-. The molecule has 0 fully saturated rings. The first-order valence-electron chi connectivity index (χ1n) is 5.72. The van der Waals surface area contributed by atoms with E-state index in [1.807, 2.05) is 12.2 Å². The van der Waals surface area contributed by atoms with Crippen LogP contribution < -0.4 is 0 Å². The quantitative estimate of drug-likeness (QED) is 0.383. The Morgan fingerprint density at radius 2 is 2.07 bits per heavy atom. The summed E-state index contributed by atoms with van der Waals surface area (Å²) in [4.78, 5) is 11.0. The molecule has 0 aromatic heterocycles. The maximum Gasteiger partial charge on any atom is 0.335 e. The molecule has 1 unspecified atom stereocenters. The van der Waals surface area contributed by atoms with E-state index in [1.165, 1.54) is 19.3 Å². The van der Waals surface area contributed by atoms with E-state index >= 15 is 0 Å². The number of carbonyl (C=O) groups excluding carboxylic acids is 1. The molecule has 0 aromatic rings. The second kappa shape index (κ2) is 9.71. The van der Waals surface area contributed by atoms with Crippen molar-refractivity contribution in [1.82, 2.24) is 0 Å². The van der Waals surface area contributed by atoms with Crippen LogP contribution in [0.4, 0.5) is 0 Å². The van der Waals surface area contributed by atoms with Crippen LogP contribution >= 0.6 is 0 Å². The monoisotopic (exact) mass is 214 g/mol. The lowest BCUT2D eigenvalue weighted by molar-refractivity contribution is -0.152. The van der Waals surface area contributed by atoms with E-state index in [0.29, 0.717) is 6.42 Å². The molecule has 0 saturated carbocycles. The first kappa shape index (κ1) is 14.2. The maximum absolute atomic E-state index is 11.0. The summed E-state index contributed by atoms with van der Waals surface area (Å²) in [7, 11) is 0. The van der Waals surface area contributed by atoms with Crippen LogP contribution in [0.25, 0.3) is 0 Å². The Morgan fingerprint density at radius 3 is 2.67 bits per heavy atom. The van der Waals surface area contributed by atoms with Gasteiger partial charge in [0.15, 0.2) is 6.10 Å². The number of unbranched alkanes of at least 4 members (excludes halogenated alkanes) is 3. The van der Waals surface area contributed by atoms with E-state index in [0.717, 1.165) is 6.42 Å². The summed E-state index contributed by atoms with van der Waals surface area (Å²) >= 11 is 0. The fraction of sp³-hybridized carbons (Fsp3) is 0.750. The molecule has 0 spiro atoms. The predicted octanol–water partition coefficient (Wildman–Crippen LogP) is 2.44. The molecule has 0 heterocycles. The fourth-order valence-corrected chi connectivity index (χ4v) is 1.09. The highest BCUT2D eigenvalue weighted by Gasteiger charge is 2.12. The highest BCUT2D eigenvalue weighted by molar-refractivity contribution is 5.74. The van der Waals surface area contributed by atoms with Gasteiger partial charge in [0.1, 0.15) is 6.61 Å². The van der Waals surface area contributed by atoms with Crippen LogP contribution in [0.2, 0.25) is 0 Å². The van der Waals surface area contributed by atoms with Crippen LogP contribution in [0, 0.1) is 0 Å². The molecule has 15 heavy (non-hydrogen) atoms. The number of carbonyl (C=O) groups is 1. The summed E-state index contributed by atoms with van der Waals surface area (Å²) in [6.45, 7) is 4.17. The van der Waals surface area contributed by atoms with Crippen molar-refractivity contribution in [1.29, 1.82) is 0 Å². The second-order valence-corrected chi connectivity index (χ2v) is 3.52. The molecular formula is C12H22O3. The minimum Gasteiger partial charge on any atom is -0.460 e. The summed E-state index contributed by atoms with van der Waals surface area (Å²) in [6, 6.07) is 0. The Morgan fingerprint density at radius 1 is 1.33 bits per heavy atom. The van der Waals surface area contributed by atoms with Crippen LogP contribution in [-0.2, 0) is 9.53 Å². The topological polar surface area (TPSA) is 46.5 Å². The van der Waals surface area contributed by atoms with Crippen molar-refractivity contribution < 1.29 is 14.6 Å². The van der Waals surface area contributed by atoms with Gasteiger partial charge in [-0.1, -0.05) is 38.8 Å². The SMILES string of the molecule is CCCCC/C=C\COC(=O)C(O)CC. The van der Waals surface area contributed by atoms with E-state index < -0.39 is 12.1 Å². The minimum atomic E-state index is -0.974. The molecule has 0 radical (unpaired) electrons. The number of hydrogen-bond acceptors (Lipinski definition) is 3. The number of esters is 1. The Balaban J connectivity index is 3.40. The average molecular weight is 214 g/mol. The van der Waals surface area contributed by atoms with Crippen LogP contribution in [0.15, 0.2) is 12.2 Å². The van der Waals surface area contributed by atoms with Crippen LogP contribution in [0.1, 0.15) is 46.0 Å². The second-order valence-electron chi connectivity index (χ2n) is 3.52. The molecule has 0 aliphatic rings. The van der Waals surface area contributed by atoms with Crippen molar-refractivity contribution in [3.05, 3.63) is 12.2 Å². The van der Waals surface area contributed by atoms with Crippen molar-refractivity contribution in [2.24, 2.45) is 0 Å². The molecule has 0 aliphatic carbocycles. The van der Waals surface area contributed by atoms with Gasteiger partial charge in [-0.2, -0.15) is 0 Å². The molecule has 88 valence electrons. The van der Waals surface area contributed by atoms with Gasteiger partial charge in [-0.3, -0.25) is 0 Å². The van der Waals surface area contributed by atoms with E-state index in [2.05, 4.69) is 6.92 Å². The molecule has 0 saturated heterocycles. The van der Waals surface area contributed by atoms with Crippen molar-refractivity contribution >= 4 is 5.97 Å². The molecular weight excluding hydrogens is 192 g/mol. The van der Waals surface area contributed by atoms with Crippen molar-refractivity contribution in [3.8, 4) is 0 Å². The average Bonchev–Trinajstić information content (AvgIpc) is 2.26. The summed E-state index contributed by atoms with van der Waals surface area (Å²) in [6.07, 6.45) is 7.93. The highest BCUT2D eigenvalue weighted by atomic mass is 16.5. The molecule has 3 nitrogen and oxygen atoms in total. The predicted molar refractivity (Wildman–Crippen MR) is 60.5 cm³/mol. The zero-order chi connectivity index (χ0) is 11.5. The lowest BCUT2D eigenvalue weighted by Gasteiger charge is -2.05. The van der Waals surface area contributed by atoms with Crippen LogP contribution in [0.3, 0.4) is 0 Å². The molecule has 0 aliphatic heterocycles. The van der Waals surface area contributed by atoms with Gasteiger partial charge < -0.3 is 9.84 Å². The Labute approximate surface area is 92.1 Å². The van der Waals surface area contributed by atoms with Gasteiger partial charge in [0.25, 0.3) is 0 Å². The largest absolute Gasteiger partial charge is 0.460 e. The first-order valence-corrected chi connectivity index (χ1v) is 5.72. The third-order valence-corrected chi connectivity index (χ3v) is 2.12. The molecule has 0 amide bonds. The number of hydrogen-bond donors (Lipinski definition) is 1. The molecule has 0 aromatic carbocycles. The van der Waals surface area contributed by atoms with Crippen molar-refractivity contribution in [2.75, 3.05) is 6.61 Å². The Kier molecular flexibility index (Phi) is 9.18. The molecule has 0 bridgehead atoms. The molecule has 0 rings (SSSR count). The highest BCUT2D eigenvalue weighted by Crippen LogP contribution is 1.99. The first-order chi connectivity index (χ1) is 7.22. The van der Waals surface area contributed by atoms with E-state index in [9.17, 15) is 4.79 Å². The number of rotatable bonds is 8. The third-order valence-electron chi connectivity index (χ3n) is 2.12. The summed E-state index contributed by atoms with van der Waals surface area (Å²) in [5.41, 5.74) is 0. The Hall–Kier alpha value is -0.830. The lowest BCUT2D eigenvalue weighted by Crippen LogP contribution is -2.21. The summed E-state index contributed by atoms with van der Waals surface area (Å²) < 4.78 is 4.83. The molecule has 1 atom stereocenters. The minimum absolute atomic E-state index is 0.266. The zero-order valence-electron chi connectivity index (χ0n) is 9.74. The van der Waals surface area contributed by atoms with Crippen molar-refractivity contribution in [3.63, 3.8) is 0 Å². The van der Waals surface area contributed by atoms with Crippen molar-refractivity contribution in [2.45, 2.75) is 52.1 Å². The van der Waals surface area contributed by atoms with Gasteiger partial charge in [0.05, 0.1) is 0 Å². The van der Waals surface area contributed by atoms with Gasteiger partial charge in [-0.05, 0) is 19.3 Å². The van der Waals surface area contributed by atoms with E-state index in [4.69, 9.17) is 9.84 Å². The van der Waals surface area contributed by atoms with Gasteiger partial charge in [-0.25, -0.2) is 4.79 Å². The van der Waals surface area contributed by atoms with Crippen LogP contribution in [-0.4, -0.2) is 23.8 Å². The normalized spacial score (nSPS) is 13.0. The van der Waals surface area contributed by atoms with E-state index in [1.54, 1.807) is 6.92 Å².